The van der Waals surface area contributed by atoms with E-state index in [-0.39, 0.29) is 18.9 Å². The Morgan fingerprint density at radius 1 is 0.935 bits per heavy atom. The first-order valence-electron chi connectivity index (χ1n) is 10.2. The number of aromatic nitrogens is 6. The van der Waals surface area contributed by atoms with Crippen LogP contribution >= 0.6 is 11.3 Å². The fourth-order valence-corrected chi connectivity index (χ4v) is 4.77. The van der Waals surface area contributed by atoms with Gasteiger partial charge >= 0.3 is 6.18 Å². The Balaban J connectivity index is 1.52. The van der Waals surface area contributed by atoms with Gasteiger partial charge in [0.15, 0.2) is 16.5 Å². The van der Waals surface area contributed by atoms with Crippen molar-refractivity contribution < 1.29 is 13.2 Å². The number of likely N-dealkylation sites (N-methyl/N-ethyl adjacent to an activating group) is 1. The highest BCUT2D eigenvalue weighted by molar-refractivity contribution is 7.18. The first-order chi connectivity index (χ1) is 14.8. The summed E-state index contributed by atoms with van der Waals surface area (Å²) in [5.74, 6) is 0.620. The van der Waals surface area contributed by atoms with E-state index in [1.54, 1.807) is 0 Å². The van der Waals surface area contributed by atoms with Crippen LogP contribution < -0.4 is 9.80 Å². The van der Waals surface area contributed by atoms with Crippen LogP contribution in [0.15, 0.2) is 0 Å². The summed E-state index contributed by atoms with van der Waals surface area (Å²) in [6.45, 7) is 6.22. The third-order valence-corrected chi connectivity index (χ3v) is 6.76. The molecule has 0 atom stereocenters. The molecule has 0 amide bonds. The molecule has 1 saturated heterocycles. The van der Waals surface area contributed by atoms with Gasteiger partial charge in [-0.25, -0.2) is 4.98 Å². The van der Waals surface area contributed by atoms with Crippen molar-refractivity contribution in [3.8, 4) is 0 Å². The number of piperazine rings is 1. The van der Waals surface area contributed by atoms with Gasteiger partial charge in [0.25, 0.3) is 0 Å². The number of halogens is 3. The zero-order valence-electron chi connectivity index (χ0n) is 17.2. The first kappa shape index (κ1) is 20.4. The molecule has 2 aliphatic heterocycles. The van der Waals surface area contributed by atoms with Gasteiger partial charge in [0.1, 0.15) is 5.52 Å². The second-order valence-electron chi connectivity index (χ2n) is 7.76. The van der Waals surface area contributed by atoms with E-state index in [0.717, 1.165) is 47.0 Å². The summed E-state index contributed by atoms with van der Waals surface area (Å²) >= 11 is 1.54. The third kappa shape index (κ3) is 3.69. The van der Waals surface area contributed by atoms with Crippen LogP contribution in [0.3, 0.4) is 0 Å². The molecule has 9 nitrogen and oxygen atoms in total. The zero-order valence-corrected chi connectivity index (χ0v) is 18.0. The Morgan fingerprint density at radius 3 is 2.39 bits per heavy atom. The van der Waals surface area contributed by atoms with Crippen molar-refractivity contribution in [1.82, 2.24) is 34.6 Å². The van der Waals surface area contributed by atoms with E-state index >= 15 is 0 Å². The fraction of sp³-hybridized carbons (Fsp3) is 0.611. The van der Waals surface area contributed by atoms with Crippen molar-refractivity contribution >= 4 is 33.5 Å². The maximum absolute atomic E-state index is 13.2. The fourth-order valence-electron chi connectivity index (χ4n) is 3.91. The lowest BCUT2D eigenvalue weighted by Gasteiger charge is -2.33. The van der Waals surface area contributed by atoms with E-state index in [1.165, 1.54) is 11.3 Å². The number of hydrogen-bond acceptors (Lipinski definition) is 9. The Bertz CT molecular complexity index is 1100. The summed E-state index contributed by atoms with van der Waals surface area (Å²) in [7, 11) is 2.09. The van der Waals surface area contributed by atoms with E-state index in [9.17, 15) is 13.2 Å². The molecule has 166 valence electrons. The molecule has 0 bridgehead atoms. The van der Waals surface area contributed by atoms with Crippen LogP contribution in [0.4, 0.5) is 24.9 Å². The average Bonchev–Trinajstić information content (AvgIpc) is 3.36. The van der Waals surface area contributed by atoms with E-state index < -0.39 is 12.0 Å². The van der Waals surface area contributed by atoms with Gasteiger partial charge in [-0.05, 0) is 13.5 Å². The van der Waals surface area contributed by atoms with Gasteiger partial charge in [0.2, 0.25) is 11.8 Å². The van der Waals surface area contributed by atoms with Gasteiger partial charge in [-0.3, -0.25) is 0 Å². The quantitative estimate of drug-likeness (QED) is 0.596. The Labute approximate surface area is 180 Å². The van der Waals surface area contributed by atoms with E-state index in [4.69, 9.17) is 15.0 Å². The maximum atomic E-state index is 13.2. The summed E-state index contributed by atoms with van der Waals surface area (Å²) in [6.07, 6.45) is -3.73. The van der Waals surface area contributed by atoms with Crippen molar-refractivity contribution in [3.63, 3.8) is 0 Å². The molecule has 31 heavy (non-hydrogen) atoms. The number of alkyl halides is 3. The Hall–Kier alpha value is -2.54. The van der Waals surface area contributed by atoms with Crippen molar-refractivity contribution in [2.75, 3.05) is 49.6 Å². The minimum atomic E-state index is -4.52. The number of hydrogen-bond donors (Lipinski definition) is 0. The highest BCUT2D eigenvalue weighted by atomic mass is 32.1. The van der Waals surface area contributed by atoms with Gasteiger partial charge < -0.3 is 19.3 Å². The summed E-state index contributed by atoms with van der Waals surface area (Å²) in [6, 6.07) is 0. The molecule has 1 fully saturated rings. The summed E-state index contributed by atoms with van der Waals surface area (Å²) in [4.78, 5) is 21.5. The smallest absolute Gasteiger partial charge is 0.345 e. The van der Waals surface area contributed by atoms with Gasteiger partial charge in [-0.1, -0.05) is 18.3 Å². The molecule has 0 radical (unpaired) electrons. The van der Waals surface area contributed by atoms with Crippen LogP contribution in [0.25, 0.3) is 10.3 Å². The van der Waals surface area contributed by atoms with Crippen LogP contribution in [0.2, 0.25) is 0 Å². The highest BCUT2D eigenvalue weighted by Crippen LogP contribution is 2.34. The van der Waals surface area contributed by atoms with Gasteiger partial charge in [0.05, 0.1) is 11.6 Å². The minimum absolute atomic E-state index is 0.136. The van der Waals surface area contributed by atoms with Crippen LogP contribution in [0.5, 0.6) is 0 Å². The Kier molecular flexibility index (Phi) is 4.96. The van der Waals surface area contributed by atoms with E-state index in [2.05, 4.69) is 27.0 Å². The molecule has 0 unspecified atom stereocenters. The molecule has 3 aromatic heterocycles. The molecule has 5 heterocycles. The maximum Gasteiger partial charge on any atom is 0.451 e. The minimum Gasteiger partial charge on any atom is -0.345 e. The van der Waals surface area contributed by atoms with Crippen LogP contribution in [-0.2, 0) is 25.7 Å². The lowest BCUT2D eigenvalue weighted by atomic mass is 10.3. The zero-order chi connectivity index (χ0) is 21.8. The van der Waals surface area contributed by atoms with Crippen molar-refractivity contribution in [1.29, 1.82) is 0 Å². The van der Waals surface area contributed by atoms with E-state index in [1.807, 2.05) is 11.8 Å². The standard InChI is InChI=1S/C18H22F3N9S/c1-3-12-22-13-14(23-17(24-15(13)31-12)28-6-4-27(2)5-7-28)29-8-9-30-11(10-29)25-26-16(30)18(19,20)21/h3-10H2,1-2H3. The SMILES string of the molecule is CCc1nc2c(N3CCn4c(nnc4C(F)(F)F)C3)nc(N3CCN(C)CC3)nc2s1. The number of nitrogens with zero attached hydrogens (tertiary/aromatic N) is 9. The molecule has 0 saturated carbocycles. The molecule has 3 aromatic rings. The lowest BCUT2D eigenvalue weighted by molar-refractivity contribution is -0.147. The van der Waals surface area contributed by atoms with Crippen LogP contribution in [0, 0.1) is 0 Å². The summed E-state index contributed by atoms with van der Waals surface area (Å²) < 4.78 is 40.7. The summed E-state index contributed by atoms with van der Waals surface area (Å²) in [5.41, 5.74) is 0.698. The molecule has 0 spiro atoms. The topological polar surface area (TPSA) is 79.1 Å². The monoisotopic (exact) mass is 453 g/mol. The summed E-state index contributed by atoms with van der Waals surface area (Å²) in [5, 5.41) is 8.13. The van der Waals surface area contributed by atoms with Crippen LogP contribution in [0.1, 0.15) is 23.6 Å². The largest absolute Gasteiger partial charge is 0.451 e. The molecule has 0 aromatic carbocycles. The number of rotatable bonds is 3. The number of aryl methyl sites for hydroxylation is 1. The first-order valence-corrected chi connectivity index (χ1v) is 11.0. The predicted octanol–water partition coefficient (Wildman–Crippen LogP) is 2.03. The van der Waals surface area contributed by atoms with Crippen molar-refractivity contribution in [2.24, 2.45) is 0 Å². The molecular weight excluding hydrogens is 431 g/mol. The van der Waals surface area contributed by atoms with Crippen molar-refractivity contribution in [3.05, 3.63) is 16.7 Å². The van der Waals surface area contributed by atoms with Gasteiger partial charge in [-0.2, -0.15) is 23.1 Å². The van der Waals surface area contributed by atoms with Crippen LogP contribution in [-0.4, -0.2) is 74.4 Å². The molecule has 5 rings (SSSR count). The normalized spacial score (nSPS) is 18.1. The highest BCUT2D eigenvalue weighted by Gasteiger charge is 2.40. The number of fused-ring (bicyclic) bond motifs is 2. The molecule has 13 heteroatoms. The molecular formula is C18H22F3N9S. The molecule has 2 aliphatic rings. The second kappa shape index (κ2) is 7.55. The molecule has 0 N–H and O–H groups in total. The van der Waals surface area contributed by atoms with E-state index in [0.29, 0.717) is 23.8 Å². The number of thiazole rings is 1. The Morgan fingerprint density at radius 2 is 1.68 bits per heavy atom. The average molecular weight is 453 g/mol. The lowest BCUT2D eigenvalue weighted by Crippen LogP contribution is -2.45. The third-order valence-electron chi connectivity index (χ3n) is 5.67. The second-order valence-corrected chi connectivity index (χ2v) is 8.83. The number of anilines is 2. The predicted molar refractivity (Wildman–Crippen MR) is 110 cm³/mol. The van der Waals surface area contributed by atoms with Crippen molar-refractivity contribution in [2.45, 2.75) is 32.6 Å². The van der Waals surface area contributed by atoms with Gasteiger partial charge in [-0.15, -0.1) is 10.2 Å². The molecule has 0 aliphatic carbocycles. The van der Waals surface area contributed by atoms with Gasteiger partial charge in [0, 0.05) is 39.3 Å².